The standard InChI is InChI=1S/C14H11BrCl2N2O/c1-19(8-9-4-5-10(16)7-12(9)17)14(20)13-11(15)3-2-6-18-13/h2-7H,8H2,1H3. The molecule has 0 saturated carbocycles. The second kappa shape index (κ2) is 6.57. The molecular weight excluding hydrogens is 363 g/mol. The second-order valence-corrected chi connectivity index (χ2v) is 5.93. The van der Waals surface area contributed by atoms with Crippen molar-refractivity contribution in [2.75, 3.05) is 7.05 Å². The molecule has 1 aromatic heterocycles. The highest BCUT2D eigenvalue weighted by atomic mass is 79.9. The van der Waals surface area contributed by atoms with Gasteiger partial charge in [0.05, 0.1) is 0 Å². The molecule has 0 aliphatic rings. The minimum Gasteiger partial charge on any atom is -0.336 e. The summed E-state index contributed by atoms with van der Waals surface area (Å²) in [5, 5.41) is 1.11. The molecule has 0 bridgehead atoms. The lowest BCUT2D eigenvalue weighted by atomic mass is 10.2. The average Bonchev–Trinajstić information content (AvgIpc) is 2.41. The highest BCUT2D eigenvalue weighted by Gasteiger charge is 2.17. The number of carbonyl (C=O) groups is 1. The minimum atomic E-state index is -0.177. The Balaban J connectivity index is 2.18. The van der Waals surface area contributed by atoms with Gasteiger partial charge in [-0.05, 0) is 45.8 Å². The first-order chi connectivity index (χ1) is 9.49. The summed E-state index contributed by atoms with van der Waals surface area (Å²) in [4.78, 5) is 18.0. The van der Waals surface area contributed by atoms with Crippen molar-refractivity contribution in [1.29, 1.82) is 0 Å². The molecule has 0 spiro atoms. The molecule has 1 aromatic carbocycles. The molecule has 0 fully saturated rings. The highest BCUT2D eigenvalue weighted by Crippen LogP contribution is 2.23. The van der Waals surface area contributed by atoms with Crippen LogP contribution in [-0.4, -0.2) is 22.8 Å². The molecule has 3 nitrogen and oxygen atoms in total. The van der Waals surface area contributed by atoms with Crippen LogP contribution in [0.25, 0.3) is 0 Å². The van der Waals surface area contributed by atoms with E-state index in [0.717, 1.165) is 5.56 Å². The van der Waals surface area contributed by atoms with Crippen molar-refractivity contribution in [3.63, 3.8) is 0 Å². The van der Waals surface area contributed by atoms with Crippen LogP contribution in [-0.2, 0) is 6.54 Å². The van der Waals surface area contributed by atoms with Crippen molar-refractivity contribution in [2.45, 2.75) is 6.54 Å². The fourth-order valence-electron chi connectivity index (χ4n) is 1.70. The predicted molar refractivity (Wildman–Crippen MR) is 84.2 cm³/mol. The van der Waals surface area contributed by atoms with Crippen molar-refractivity contribution >= 4 is 45.0 Å². The smallest absolute Gasteiger partial charge is 0.273 e. The third kappa shape index (κ3) is 3.51. The minimum absolute atomic E-state index is 0.177. The van der Waals surface area contributed by atoms with Gasteiger partial charge < -0.3 is 4.90 Å². The highest BCUT2D eigenvalue weighted by molar-refractivity contribution is 9.10. The molecule has 0 aliphatic heterocycles. The summed E-state index contributed by atoms with van der Waals surface area (Å²) in [6.45, 7) is 0.387. The molecule has 0 atom stereocenters. The van der Waals surface area contributed by atoms with Crippen molar-refractivity contribution in [2.24, 2.45) is 0 Å². The summed E-state index contributed by atoms with van der Waals surface area (Å²) in [7, 11) is 1.70. The first kappa shape index (κ1) is 15.3. The zero-order valence-electron chi connectivity index (χ0n) is 10.6. The molecular formula is C14H11BrCl2N2O. The van der Waals surface area contributed by atoms with Gasteiger partial charge in [0, 0.05) is 34.3 Å². The maximum atomic E-state index is 12.3. The molecule has 6 heteroatoms. The summed E-state index contributed by atoms with van der Waals surface area (Å²) >= 11 is 15.3. The van der Waals surface area contributed by atoms with Gasteiger partial charge in [-0.2, -0.15) is 0 Å². The first-order valence-electron chi connectivity index (χ1n) is 5.79. The van der Waals surface area contributed by atoms with Crippen LogP contribution in [0.5, 0.6) is 0 Å². The van der Waals surface area contributed by atoms with Crippen LogP contribution in [0.4, 0.5) is 0 Å². The van der Waals surface area contributed by atoms with Crippen LogP contribution >= 0.6 is 39.1 Å². The number of amides is 1. The Kier molecular flexibility index (Phi) is 5.02. The number of aromatic nitrogens is 1. The van der Waals surface area contributed by atoms with Gasteiger partial charge in [-0.25, -0.2) is 4.98 Å². The fraction of sp³-hybridized carbons (Fsp3) is 0.143. The third-order valence-electron chi connectivity index (χ3n) is 2.73. The van der Waals surface area contributed by atoms with E-state index in [1.165, 1.54) is 0 Å². The Morgan fingerprint density at radius 2 is 2.10 bits per heavy atom. The topological polar surface area (TPSA) is 33.2 Å². The largest absolute Gasteiger partial charge is 0.336 e. The van der Waals surface area contributed by atoms with Crippen LogP contribution in [0, 0.1) is 0 Å². The van der Waals surface area contributed by atoms with E-state index < -0.39 is 0 Å². The molecule has 2 aromatic rings. The molecule has 2 rings (SSSR count). The molecule has 0 radical (unpaired) electrons. The first-order valence-corrected chi connectivity index (χ1v) is 7.34. The van der Waals surface area contributed by atoms with Crippen LogP contribution in [0.3, 0.4) is 0 Å². The van der Waals surface area contributed by atoms with Gasteiger partial charge in [-0.3, -0.25) is 4.79 Å². The third-order valence-corrected chi connectivity index (χ3v) is 3.96. The molecule has 0 saturated heterocycles. The van der Waals surface area contributed by atoms with E-state index >= 15 is 0 Å². The van der Waals surface area contributed by atoms with E-state index in [4.69, 9.17) is 23.2 Å². The maximum absolute atomic E-state index is 12.3. The lowest BCUT2D eigenvalue weighted by Crippen LogP contribution is -2.27. The molecule has 0 aliphatic carbocycles. The van der Waals surface area contributed by atoms with Gasteiger partial charge in [0.1, 0.15) is 5.69 Å². The monoisotopic (exact) mass is 372 g/mol. The number of hydrogen-bond donors (Lipinski definition) is 0. The number of rotatable bonds is 3. The van der Waals surface area contributed by atoms with E-state index in [9.17, 15) is 4.79 Å². The molecule has 104 valence electrons. The van der Waals surface area contributed by atoms with E-state index in [-0.39, 0.29) is 5.91 Å². The normalized spacial score (nSPS) is 10.4. The number of halogens is 3. The van der Waals surface area contributed by atoms with E-state index in [2.05, 4.69) is 20.9 Å². The lowest BCUT2D eigenvalue weighted by molar-refractivity contribution is 0.0778. The van der Waals surface area contributed by atoms with Crippen molar-refractivity contribution in [3.8, 4) is 0 Å². The van der Waals surface area contributed by atoms with Gasteiger partial charge >= 0.3 is 0 Å². The maximum Gasteiger partial charge on any atom is 0.273 e. The quantitative estimate of drug-likeness (QED) is 0.797. The van der Waals surface area contributed by atoms with Crippen molar-refractivity contribution < 1.29 is 4.79 Å². The number of carbonyl (C=O) groups excluding carboxylic acids is 1. The average molecular weight is 374 g/mol. The molecule has 1 amide bonds. The molecule has 20 heavy (non-hydrogen) atoms. The SMILES string of the molecule is CN(Cc1ccc(Cl)cc1Cl)C(=O)c1ncccc1Br. The Bertz CT molecular complexity index is 649. The van der Waals surface area contributed by atoms with E-state index in [1.807, 2.05) is 6.07 Å². The van der Waals surface area contributed by atoms with Crippen LogP contribution in [0.1, 0.15) is 16.1 Å². The molecule has 0 N–H and O–H groups in total. The lowest BCUT2D eigenvalue weighted by Gasteiger charge is -2.18. The summed E-state index contributed by atoms with van der Waals surface area (Å²) in [6.07, 6.45) is 1.58. The number of nitrogens with zero attached hydrogens (tertiary/aromatic N) is 2. The van der Waals surface area contributed by atoms with Gasteiger partial charge in [-0.1, -0.05) is 29.3 Å². The van der Waals surface area contributed by atoms with Gasteiger partial charge in [0.25, 0.3) is 5.91 Å². The van der Waals surface area contributed by atoms with Crippen molar-refractivity contribution in [1.82, 2.24) is 9.88 Å². The fourth-order valence-corrected chi connectivity index (χ4v) is 2.59. The number of benzene rings is 1. The zero-order valence-corrected chi connectivity index (χ0v) is 13.7. The molecule has 1 heterocycles. The summed E-state index contributed by atoms with van der Waals surface area (Å²) in [5.41, 5.74) is 1.21. The number of hydrogen-bond acceptors (Lipinski definition) is 2. The van der Waals surface area contributed by atoms with Gasteiger partial charge in [0.15, 0.2) is 0 Å². The second-order valence-electron chi connectivity index (χ2n) is 4.23. The van der Waals surface area contributed by atoms with Crippen LogP contribution < -0.4 is 0 Å². The Morgan fingerprint density at radius 1 is 1.35 bits per heavy atom. The van der Waals surface area contributed by atoms with Crippen LogP contribution in [0.15, 0.2) is 41.0 Å². The summed E-state index contributed by atoms with van der Waals surface area (Å²) in [5.74, 6) is -0.177. The van der Waals surface area contributed by atoms with Gasteiger partial charge in [-0.15, -0.1) is 0 Å². The predicted octanol–water partition coefficient (Wildman–Crippen LogP) is 4.42. The van der Waals surface area contributed by atoms with E-state index in [0.29, 0.717) is 26.8 Å². The van der Waals surface area contributed by atoms with Crippen LogP contribution in [0.2, 0.25) is 10.0 Å². The molecule has 0 unspecified atom stereocenters. The Labute approximate surface area is 135 Å². The Morgan fingerprint density at radius 3 is 2.75 bits per heavy atom. The van der Waals surface area contributed by atoms with E-state index in [1.54, 1.807) is 42.4 Å². The summed E-state index contributed by atoms with van der Waals surface area (Å²) in [6, 6.07) is 8.76. The zero-order chi connectivity index (χ0) is 14.7. The van der Waals surface area contributed by atoms with Gasteiger partial charge in [0.2, 0.25) is 0 Å². The Hall–Kier alpha value is -1.10. The summed E-state index contributed by atoms with van der Waals surface area (Å²) < 4.78 is 0.666. The number of pyridine rings is 1. The van der Waals surface area contributed by atoms with Crippen molar-refractivity contribution in [3.05, 3.63) is 62.3 Å².